The minimum Gasteiger partial charge on any atom is -0.504 e. The van der Waals surface area contributed by atoms with Crippen molar-refractivity contribution in [2.24, 2.45) is 7.05 Å². The molecule has 17 heavy (non-hydrogen) atoms. The van der Waals surface area contributed by atoms with Crippen LogP contribution in [-0.4, -0.2) is 28.2 Å². The lowest BCUT2D eigenvalue weighted by Gasteiger charge is -2.03. The van der Waals surface area contributed by atoms with Gasteiger partial charge in [0.15, 0.2) is 11.5 Å². The molecule has 0 aliphatic rings. The lowest BCUT2D eigenvalue weighted by molar-refractivity contribution is 0.100. The molecule has 0 radical (unpaired) electrons. The van der Waals surface area contributed by atoms with Gasteiger partial charge in [0, 0.05) is 20.2 Å². The summed E-state index contributed by atoms with van der Waals surface area (Å²) in [5, 5.41) is 12.1. The number of ether oxygens (including phenoxy) is 1. The third-order valence-corrected chi connectivity index (χ3v) is 2.06. The Morgan fingerprint density at radius 1 is 1.65 bits per heavy atom. The smallest absolute Gasteiger partial charge is 0.412 e. The molecule has 0 aliphatic heterocycles. The van der Waals surface area contributed by atoms with Crippen LogP contribution in [0.1, 0.15) is 17.4 Å². The first kappa shape index (κ1) is 12.8. The van der Waals surface area contributed by atoms with Gasteiger partial charge in [-0.3, -0.25) is 10.1 Å². The average Bonchev–Trinajstić information content (AvgIpc) is 2.51. The number of aromatic hydroxyl groups is 1. The molecule has 0 unspecified atom stereocenters. The van der Waals surface area contributed by atoms with E-state index in [1.807, 2.05) is 0 Å². The average molecular weight is 238 g/mol. The van der Waals surface area contributed by atoms with Crippen molar-refractivity contribution < 1.29 is 19.4 Å². The monoisotopic (exact) mass is 238 g/mol. The summed E-state index contributed by atoms with van der Waals surface area (Å²) in [7, 11) is 1.59. The van der Waals surface area contributed by atoms with Crippen molar-refractivity contribution in [2.75, 3.05) is 11.9 Å². The second kappa shape index (κ2) is 5.20. The largest absolute Gasteiger partial charge is 0.504 e. The lowest BCUT2D eigenvalue weighted by Crippen LogP contribution is -2.13. The number of hydrogen-bond acceptors (Lipinski definition) is 4. The predicted molar refractivity (Wildman–Crippen MR) is 62.3 cm³/mol. The quantitative estimate of drug-likeness (QED) is 0.617. The molecule has 0 atom stereocenters. The molecule has 1 aromatic heterocycles. The van der Waals surface area contributed by atoms with Crippen molar-refractivity contribution in [1.82, 2.24) is 4.57 Å². The first-order chi connectivity index (χ1) is 7.97. The van der Waals surface area contributed by atoms with Crippen LogP contribution in [0.4, 0.5) is 10.5 Å². The van der Waals surface area contributed by atoms with E-state index >= 15 is 0 Å². The fraction of sp³-hybridized carbons (Fsp3) is 0.273. The van der Waals surface area contributed by atoms with Gasteiger partial charge in [-0.15, -0.1) is 0 Å². The normalized spacial score (nSPS) is 9.76. The van der Waals surface area contributed by atoms with Gasteiger partial charge < -0.3 is 14.4 Å². The van der Waals surface area contributed by atoms with E-state index in [0.29, 0.717) is 0 Å². The molecule has 0 fully saturated rings. The van der Waals surface area contributed by atoms with Gasteiger partial charge in [0.2, 0.25) is 0 Å². The first-order valence-corrected chi connectivity index (χ1v) is 4.91. The molecule has 0 aliphatic carbocycles. The molecule has 0 aromatic carbocycles. The third-order valence-electron chi connectivity index (χ3n) is 2.06. The second-order valence-electron chi connectivity index (χ2n) is 3.42. The molecular weight excluding hydrogens is 224 g/mol. The maximum atomic E-state index is 11.2. The zero-order valence-corrected chi connectivity index (χ0v) is 9.69. The zero-order chi connectivity index (χ0) is 13.0. The maximum absolute atomic E-state index is 11.2. The van der Waals surface area contributed by atoms with Gasteiger partial charge in [0.1, 0.15) is 18.0 Å². The number of aryl methyl sites for hydroxylation is 1. The second-order valence-corrected chi connectivity index (χ2v) is 3.42. The van der Waals surface area contributed by atoms with Gasteiger partial charge >= 0.3 is 6.09 Å². The summed E-state index contributed by atoms with van der Waals surface area (Å²) in [6.45, 7) is 4.79. The Morgan fingerprint density at radius 2 is 2.29 bits per heavy atom. The van der Waals surface area contributed by atoms with Crippen molar-refractivity contribution in [1.29, 1.82) is 0 Å². The van der Waals surface area contributed by atoms with Gasteiger partial charge in [0.05, 0.1) is 0 Å². The van der Waals surface area contributed by atoms with E-state index in [-0.39, 0.29) is 29.5 Å². The van der Waals surface area contributed by atoms with Crippen LogP contribution in [0.3, 0.4) is 0 Å². The van der Waals surface area contributed by atoms with Crippen LogP contribution >= 0.6 is 0 Å². The lowest BCUT2D eigenvalue weighted by atomic mass is 10.3. The Bertz CT molecular complexity index is 462. The van der Waals surface area contributed by atoms with E-state index in [1.165, 1.54) is 23.8 Å². The number of Topliss-reactive ketones (excluding diaryl/α,β-unsaturated/α-hetero) is 1. The first-order valence-electron chi connectivity index (χ1n) is 4.91. The van der Waals surface area contributed by atoms with E-state index in [0.717, 1.165) is 0 Å². The van der Waals surface area contributed by atoms with Crippen LogP contribution < -0.4 is 5.32 Å². The molecule has 1 heterocycles. The minimum atomic E-state index is -0.721. The number of ketones is 1. The number of nitrogens with zero attached hydrogens (tertiary/aromatic N) is 1. The molecular formula is C11H14N2O4. The highest BCUT2D eigenvalue weighted by molar-refractivity contribution is 5.99. The van der Waals surface area contributed by atoms with Gasteiger partial charge in [-0.2, -0.15) is 0 Å². The summed E-state index contributed by atoms with van der Waals surface area (Å²) in [6, 6.07) is 0. The molecule has 0 saturated heterocycles. The number of aromatic nitrogens is 1. The maximum Gasteiger partial charge on any atom is 0.412 e. The Hall–Kier alpha value is -2.24. The highest BCUT2D eigenvalue weighted by Crippen LogP contribution is 2.29. The highest BCUT2D eigenvalue weighted by Gasteiger charge is 2.18. The van der Waals surface area contributed by atoms with Gasteiger partial charge in [-0.1, -0.05) is 12.7 Å². The van der Waals surface area contributed by atoms with Crippen LogP contribution in [-0.2, 0) is 11.8 Å². The number of anilines is 1. The fourth-order valence-electron chi connectivity index (χ4n) is 1.40. The Balaban J connectivity index is 2.86. The van der Waals surface area contributed by atoms with Crippen molar-refractivity contribution in [3.63, 3.8) is 0 Å². The minimum absolute atomic E-state index is 0.0684. The SMILES string of the molecule is C=CCOC(=O)Nc1cn(C)c(C(C)=O)c1O. The van der Waals surface area contributed by atoms with Crippen LogP contribution in [0.15, 0.2) is 18.9 Å². The molecule has 0 spiro atoms. The summed E-state index contributed by atoms with van der Waals surface area (Å²) in [5.41, 5.74) is 0.260. The Morgan fingerprint density at radius 3 is 2.76 bits per heavy atom. The highest BCUT2D eigenvalue weighted by atomic mass is 16.5. The molecule has 0 saturated carbocycles. The summed E-state index contributed by atoms with van der Waals surface area (Å²) in [4.78, 5) is 22.4. The summed E-state index contributed by atoms with van der Waals surface area (Å²) in [6.07, 6.45) is 2.13. The van der Waals surface area contributed by atoms with Gasteiger partial charge in [-0.25, -0.2) is 4.79 Å². The number of hydrogen-bond donors (Lipinski definition) is 2. The zero-order valence-electron chi connectivity index (χ0n) is 9.69. The molecule has 0 bridgehead atoms. The van der Waals surface area contributed by atoms with E-state index in [2.05, 4.69) is 16.6 Å². The Kier molecular flexibility index (Phi) is 3.92. The third kappa shape index (κ3) is 2.87. The molecule has 1 amide bonds. The molecule has 6 nitrogen and oxygen atoms in total. The topological polar surface area (TPSA) is 80.6 Å². The van der Waals surface area contributed by atoms with E-state index in [1.54, 1.807) is 7.05 Å². The molecule has 2 N–H and O–H groups in total. The summed E-state index contributed by atoms with van der Waals surface area (Å²) in [5.74, 6) is -0.562. The van der Waals surface area contributed by atoms with Crippen LogP contribution in [0.25, 0.3) is 0 Å². The number of carbonyl (C=O) groups excluding carboxylic acids is 2. The number of amides is 1. The van der Waals surface area contributed by atoms with Crippen LogP contribution in [0.2, 0.25) is 0 Å². The van der Waals surface area contributed by atoms with Crippen LogP contribution in [0.5, 0.6) is 5.75 Å². The molecule has 1 aromatic rings. The number of carbonyl (C=O) groups is 2. The molecule has 1 rings (SSSR count). The molecule has 6 heteroatoms. The van der Waals surface area contributed by atoms with E-state index in [9.17, 15) is 14.7 Å². The standard InChI is InChI=1S/C11H14N2O4/c1-4-5-17-11(16)12-8-6-13(3)9(7(2)14)10(8)15/h4,6,15H,1,5H2,2-3H3,(H,12,16). The number of rotatable bonds is 4. The summed E-state index contributed by atoms with van der Waals surface area (Å²) < 4.78 is 6.12. The Labute approximate surface area is 98.5 Å². The van der Waals surface area contributed by atoms with Gasteiger partial charge in [0.25, 0.3) is 0 Å². The van der Waals surface area contributed by atoms with E-state index < -0.39 is 6.09 Å². The van der Waals surface area contributed by atoms with Crippen molar-refractivity contribution in [3.8, 4) is 5.75 Å². The van der Waals surface area contributed by atoms with Gasteiger partial charge in [-0.05, 0) is 0 Å². The van der Waals surface area contributed by atoms with Crippen molar-refractivity contribution in [2.45, 2.75) is 6.92 Å². The van der Waals surface area contributed by atoms with Crippen molar-refractivity contribution in [3.05, 3.63) is 24.5 Å². The van der Waals surface area contributed by atoms with Crippen molar-refractivity contribution >= 4 is 17.6 Å². The summed E-state index contributed by atoms with van der Waals surface area (Å²) >= 11 is 0. The predicted octanol–water partition coefficient (Wildman–Crippen LogP) is 1.67. The molecule has 92 valence electrons. The van der Waals surface area contributed by atoms with Crippen LogP contribution in [0, 0.1) is 0 Å². The number of nitrogens with one attached hydrogen (secondary N) is 1. The van der Waals surface area contributed by atoms with E-state index in [4.69, 9.17) is 0 Å². The fourth-order valence-corrected chi connectivity index (χ4v) is 1.40.